The minimum absolute atomic E-state index is 0.108. The van der Waals surface area contributed by atoms with E-state index in [1.807, 2.05) is 0 Å². The molecular weight excluding hydrogens is 1330 g/mol. The Hall–Kier alpha value is -1.94. The maximum absolute atomic E-state index is 13.1. The fraction of sp³-hybridized carbons (Fsp3) is 0.952. The highest BCUT2D eigenvalue weighted by Gasteiger charge is 2.30. The van der Waals surface area contributed by atoms with E-state index in [2.05, 4.69) is 34.6 Å². The molecule has 606 valence electrons. The summed E-state index contributed by atoms with van der Waals surface area (Å²) in [4.78, 5) is 73.1. The minimum Gasteiger partial charge on any atom is -0.462 e. The van der Waals surface area contributed by atoms with E-state index < -0.39 is 97.5 Å². The molecule has 0 spiro atoms. The highest BCUT2D eigenvalue weighted by atomic mass is 31.2. The molecule has 0 fully saturated rings. The van der Waals surface area contributed by atoms with Crippen molar-refractivity contribution in [1.82, 2.24) is 0 Å². The van der Waals surface area contributed by atoms with Crippen molar-refractivity contribution in [2.24, 2.45) is 5.92 Å². The molecule has 0 aromatic heterocycles. The first kappa shape index (κ1) is 100. The molecule has 0 saturated heterocycles. The van der Waals surface area contributed by atoms with Gasteiger partial charge in [0.1, 0.15) is 19.3 Å². The van der Waals surface area contributed by atoms with Crippen molar-refractivity contribution in [2.75, 3.05) is 39.6 Å². The Balaban J connectivity index is 5.22. The lowest BCUT2D eigenvalue weighted by molar-refractivity contribution is -0.161. The normalized spacial score (nSPS) is 13.8. The smallest absolute Gasteiger partial charge is 0.462 e. The van der Waals surface area contributed by atoms with Crippen LogP contribution in [0.3, 0.4) is 0 Å². The SMILES string of the molecule is CCCCCCCCCCCCCCCCCCCCCCCC(=O)O[C@H](COC(=O)CCCCCCCCCCCCCCCCCCC)COP(=O)(O)OC[C@@H](O)COP(=O)(O)OC[C@@H](COC(=O)CCCCCCCCCC(C)C)OC(=O)CCCCCCCCCCCCCCCC. The first-order valence-electron chi connectivity index (χ1n) is 43.1. The molecule has 0 aromatic rings. The van der Waals surface area contributed by atoms with Gasteiger partial charge >= 0.3 is 39.5 Å². The fourth-order valence-electron chi connectivity index (χ4n) is 12.9. The van der Waals surface area contributed by atoms with Gasteiger partial charge in [-0.1, -0.05) is 394 Å². The standard InChI is InChI=1S/C83H162O17P2/c1-6-9-12-15-18-21-24-27-30-32-33-34-35-37-39-42-45-48-53-59-64-69-82(87)99-78(72-93-80(85)66-61-56-51-46-43-41-38-36-31-28-25-22-19-16-13-10-7-2)74-97-101(89,90)95-70-77(84)71-96-102(91,92)98-75-79(73-94-81(86)67-62-57-54-49-50-55-60-65-76(4)5)100-83(88)68-63-58-52-47-44-40-29-26-23-20-17-14-11-8-3/h76-79,84H,6-75H2,1-5H3,(H,89,90)(H,91,92)/t77-,78-,79-/m1/s1. The van der Waals surface area contributed by atoms with E-state index in [9.17, 15) is 43.2 Å². The number of carbonyl (C=O) groups excluding carboxylic acids is 4. The summed E-state index contributed by atoms with van der Waals surface area (Å²) in [6, 6.07) is 0. The van der Waals surface area contributed by atoms with Crippen LogP contribution in [0.2, 0.25) is 0 Å². The molecule has 102 heavy (non-hydrogen) atoms. The number of hydrogen-bond acceptors (Lipinski definition) is 15. The molecule has 0 heterocycles. The molecule has 19 heteroatoms. The third-order valence-corrected chi connectivity index (χ3v) is 21.4. The second-order valence-electron chi connectivity index (χ2n) is 30.3. The van der Waals surface area contributed by atoms with E-state index >= 15 is 0 Å². The zero-order valence-electron chi connectivity index (χ0n) is 66.8. The van der Waals surface area contributed by atoms with Gasteiger partial charge in [0, 0.05) is 25.7 Å². The van der Waals surface area contributed by atoms with Crippen LogP contribution in [0.5, 0.6) is 0 Å². The molecule has 0 rings (SSSR count). The van der Waals surface area contributed by atoms with Crippen LogP contribution in [0, 0.1) is 5.92 Å². The molecular formula is C83H162O17P2. The largest absolute Gasteiger partial charge is 0.472 e. The minimum atomic E-state index is -4.96. The lowest BCUT2D eigenvalue weighted by Crippen LogP contribution is -2.30. The summed E-state index contributed by atoms with van der Waals surface area (Å²) in [7, 11) is -9.92. The zero-order valence-corrected chi connectivity index (χ0v) is 68.5. The van der Waals surface area contributed by atoms with Gasteiger partial charge in [-0.2, -0.15) is 0 Å². The first-order chi connectivity index (χ1) is 49.5. The quantitative estimate of drug-likeness (QED) is 0.0222. The lowest BCUT2D eigenvalue weighted by atomic mass is 10.0. The number of aliphatic hydroxyl groups excluding tert-OH is 1. The Morgan fingerprint density at radius 2 is 0.451 bits per heavy atom. The lowest BCUT2D eigenvalue weighted by Gasteiger charge is -2.21. The van der Waals surface area contributed by atoms with Gasteiger partial charge in [0.2, 0.25) is 0 Å². The molecule has 0 saturated carbocycles. The summed E-state index contributed by atoms with van der Waals surface area (Å²) in [6.45, 7) is 7.29. The van der Waals surface area contributed by atoms with Crippen molar-refractivity contribution >= 4 is 39.5 Å². The van der Waals surface area contributed by atoms with Gasteiger partial charge in [0.15, 0.2) is 12.2 Å². The highest BCUT2D eigenvalue weighted by molar-refractivity contribution is 7.47. The van der Waals surface area contributed by atoms with Crippen LogP contribution in [0.25, 0.3) is 0 Å². The van der Waals surface area contributed by atoms with Crippen LogP contribution < -0.4 is 0 Å². The first-order valence-corrected chi connectivity index (χ1v) is 46.1. The van der Waals surface area contributed by atoms with Crippen molar-refractivity contribution in [3.05, 3.63) is 0 Å². The topological polar surface area (TPSA) is 237 Å². The van der Waals surface area contributed by atoms with Gasteiger partial charge < -0.3 is 33.8 Å². The second kappa shape index (κ2) is 75.9. The molecule has 0 aliphatic carbocycles. The van der Waals surface area contributed by atoms with Crippen molar-refractivity contribution in [2.45, 2.75) is 464 Å². The molecule has 0 aromatic carbocycles. The number of ether oxygens (including phenoxy) is 4. The Labute approximate surface area is 626 Å². The van der Waals surface area contributed by atoms with E-state index in [1.54, 1.807) is 0 Å². The average Bonchev–Trinajstić information content (AvgIpc) is 0.923. The molecule has 0 radical (unpaired) electrons. The Morgan fingerprint density at radius 3 is 0.667 bits per heavy atom. The number of esters is 4. The fourth-order valence-corrected chi connectivity index (χ4v) is 14.5. The van der Waals surface area contributed by atoms with E-state index in [0.29, 0.717) is 31.6 Å². The molecule has 2 unspecified atom stereocenters. The monoisotopic (exact) mass is 1490 g/mol. The number of aliphatic hydroxyl groups is 1. The van der Waals surface area contributed by atoms with Crippen LogP contribution in [-0.4, -0.2) is 96.7 Å². The Bertz CT molecular complexity index is 1940. The number of unbranched alkanes of at least 4 members (excludes halogenated alkanes) is 55. The van der Waals surface area contributed by atoms with Crippen molar-refractivity contribution in [1.29, 1.82) is 0 Å². The predicted octanol–water partition coefficient (Wildman–Crippen LogP) is 25.2. The maximum atomic E-state index is 13.1. The van der Waals surface area contributed by atoms with Crippen LogP contribution >= 0.6 is 15.6 Å². The van der Waals surface area contributed by atoms with Gasteiger partial charge in [-0.3, -0.25) is 37.3 Å². The number of hydrogen-bond donors (Lipinski definition) is 3. The number of carbonyl (C=O) groups is 4. The second-order valence-corrected chi connectivity index (χ2v) is 33.3. The third kappa shape index (κ3) is 76.3. The van der Waals surface area contributed by atoms with Gasteiger partial charge in [-0.15, -0.1) is 0 Å². The summed E-state index contributed by atoms with van der Waals surface area (Å²) in [5.74, 6) is -1.40. The molecule has 0 bridgehead atoms. The van der Waals surface area contributed by atoms with Gasteiger partial charge in [-0.25, -0.2) is 9.13 Å². The summed E-state index contributed by atoms with van der Waals surface area (Å²) in [5, 5.41) is 10.7. The van der Waals surface area contributed by atoms with E-state index in [0.717, 1.165) is 96.3 Å². The summed E-state index contributed by atoms with van der Waals surface area (Å²) < 4.78 is 68.8. The van der Waals surface area contributed by atoms with E-state index in [-0.39, 0.29) is 25.7 Å². The molecule has 0 aliphatic heterocycles. The molecule has 0 aliphatic rings. The van der Waals surface area contributed by atoms with Crippen LogP contribution in [-0.2, 0) is 65.4 Å². The van der Waals surface area contributed by atoms with Crippen LogP contribution in [0.15, 0.2) is 0 Å². The maximum Gasteiger partial charge on any atom is 0.472 e. The Kier molecular flexibility index (Phi) is 74.4. The third-order valence-electron chi connectivity index (χ3n) is 19.5. The van der Waals surface area contributed by atoms with Crippen LogP contribution in [0.1, 0.15) is 446 Å². The Morgan fingerprint density at radius 1 is 0.265 bits per heavy atom. The van der Waals surface area contributed by atoms with Gasteiger partial charge in [0.05, 0.1) is 26.4 Å². The van der Waals surface area contributed by atoms with Crippen molar-refractivity contribution in [3.8, 4) is 0 Å². The van der Waals surface area contributed by atoms with E-state index in [4.69, 9.17) is 37.0 Å². The molecule has 17 nitrogen and oxygen atoms in total. The summed E-state index contributed by atoms with van der Waals surface area (Å²) in [6.07, 6.45) is 68.1. The highest BCUT2D eigenvalue weighted by Crippen LogP contribution is 2.45. The summed E-state index contributed by atoms with van der Waals surface area (Å²) in [5.41, 5.74) is 0. The molecule has 5 atom stereocenters. The van der Waals surface area contributed by atoms with Crippen molar-refractivity contribution in [3.63, 3.8) is 0 Å². The number of phosphoric acid groups is 2. The van der Waals surface area contributed by atoms with E-state index in [1.165, 1.54) is 263 Å². The summed E-state index contributed by atoms with van der Waals surface area (Å²) >= 11 is 0. The van der Waals surface area contributed by atoms with Gasteiger partial charge in [-0.05, 0) is 31.6 Å². The van der Waals surface area contributed by atoms with Crippen LogP contribution in [0.4, 0.5) is 0 Å². The molecule has 0 amide bonds. The van der Waals surface area contributed by atoms with Crippen molar-refractivity contribution < 1.29 is 80.2 Å². The van der Waals surface area contributed by atoms with Gasteiger partial charge in [0.25, 0.3) is 0 Å². The predicted molar refractivity (Wildman–Crippen MR) is 418 cm³/mol. The average molecular weight is 1490 g/mol. The number of phosphoric ester groups is 2. The number of rotatable bonds is 83. The molecule has 3 N–H and O–H groups in total. The zero-order chi connectivity index (χ0) is 74.8.